The maximum Gasteiger partial charge on any atom is 0.407 e. The zero-order chi connectivity index (χ0) is 22.2. The average molecular weight is 429 g/mol. The van der Waals surface area contributed by atoms with Gasteiger partial charge in [0.15, 0.2) is 0 Å². The van der Waals surface area contributed by atoms with Crippen LogP contribution in [0.5, 0.6) is 5.75 Å². The average Bonchev–Trinajstić information content (AvgIpc) is 2.59. The molecule has 0 saturated heterocycles. The number of nitrogens with zero attached hydrogens (tertiary/aromatic N) is 1. The maximum atomic E-state index is 13.2. The molecule has 1 aromatic carbocycles. The highest BCUT2D eigenvalue weighted by molar-refractivity contribution is 7.89. The van der Waals surface area contributed by atoms with Crippen LogP contribution in [0.1, 0.15) is 48.0 Å². The van der Waals surface area contributed by atoms with Crippen molar-refractivity contribution in [2.45, 2.75) is 59.0 Å². The largest absolute Gasteiger partial charge is 0.497 e. The fourth-order valence-corrected chi connectivity index (χ4v) is 4.66. The molecule has 0 aromatic heterocycles. The summed E-state index contributed by atoms with van der Waals surface area (Å²) in [6.45, 7) is 12.7. The first-order valence-electron chi connectivity index (χ1n) is 9.96. The van der Waals surface area contributed by atoms with Crippen LogP contribution in [0.25, 0.3) is 0 Å². The van der Waals surface area contributed by atoms with Crippen molar-refractivity contribution in [3.63, 3.8) is 0 Å². The van der Waals surface area contributed by atoms with Crippen LogP contribution in [-0.2, 0) is 14.8 Å². The number of alkyl carbamates (subject to hydrolysis) is 1. The van der Waals surface area contributed by atoms with Gasteiger partial charge in [-0.05, 0) is 55.9 Å². The molecule has 8 heteroatoms. The van der Waals surface area contributed by atoms with Crippen LogP contribution in [0, 0.1) is 11.3 Å². The number of benzene rings is 1. The zero-order valence-corrected chi connectivity index (χ0v) is 19.5. The molecule has 7 nitrogen and oxygen atoms in total. The minimum absolute atomic E-state index is 0.179. The van der Waals surface area contributed by atoms with Crippen molar-refractivity contribution in [3.8, 4) is 5.75 Å². The number of carbonyl (C=O) groups excluding carboxylic acids is 1. The Morgan fingerprint density at radius 2 is 1.72 bits per heavy atom. The molecule has 0 aliphatic rings. The number of amides is 1. The molecule has 0 heterocycles. The normalized spacial score (nSPS) is 12.5. The summed E-state index contributed by atoms with van der Waals surface area (Å²) in [5.74, 6) is 0.789. The van der Waals surface area contributed by atoms with E-state index in [0.29, 0.717) is 31.8 Å². The Labute approximate surface area is 175 Å². The van der Waals surface area contributed by atoms with Gasteiger partial charge < -0.3 is 14.8 Å². The van der Waals surface area contributed by atoms with Crippen molar-refractivity contribution in [3.05, 3.63) is 24.3 Å². The smallest absolute Gasteiger partial charge is 0.407 e. The number of nitrogens with one attached hydrogen (secondary N) is 1. The molecule has 1 rings (SSSR count). The standard InChI is InChI=1S/C21H36N2O5S/c1-16(2)14-23(29(25,26)19-10-8-18(27-7)9-11-19)15-21(5,6)12-13-22-20(24)28-17(3)4/h8-11,16-17H,12-15H2,1-7H3,(H,22,24). The molecule has 1 N–H and O–H groups in total. The summed E-state index contributed by atoms with van der Waals surface area (Å²) in [6.07, 6.45) is -0.0210. The third-order valence-electron chi connectivity index (χ3n) is 4.28. The van der Waals surface area contributed by atoms with Crippen molar-refractivity contribution in [2.24, 2.45) is 11.3 Å². The van der Waals surface area contributed by atoms with Gasteiger partial charge in [0.25, 0.3) is 0 Å². The first-order valence-corrected chi connectivity index (χ1v) is 11.4. The van der Waals surface area contributed by atoms with Crippen LogP contribution in [0.2, 0.25) is 0 Å². The number of carbonyl (C=O) groups is 1. The van der Waals surface area contributed by atoms with Gasteiger partial charge in [-0.25, -0.2) is 13.2 Å². The molecule has 0 atom stereocenters. The molecule has 0 saturated carbocycles. The Balaban J connectivity index is 2.89. The third-order valence-corrected chi connectivity index (χ3v) is 6.11. The topological polar surface area (TPSA) is 84.9 Å². The Bertz CT molecular complexity index is 743. The predicted molar refractivity (Wildman–Crippen MR) is 115 cm³/mol. The van der Waals surface area contributed by atoms with E-state index >= 15 is 0 Å². The summed E-state index contributed by atoms with van der Waals surface area (Å²) in [6, 6.07) is 6.43. The van der Waals surface area contributed by atoms with E-state index in [1.165, 1.54) is 4.31 Å². The van der Waals surface area contributed by atoms with Crippen LogP contribution in [0.3, 0.4) is 0 Å². The maximum absolute atomic E-state index is 13.2. The van der Waals surface area contributed by atoms with Crippen molar-refractivity contribution in [2.75, 3.05) is 26.7 Å². The van der Waals surface area contributed by atoms with Crippen LogP contribution >= 0.6 is 0 Å². The Hall–Kier alpha value is -1.80. The molecule has 0 radical (unpaired) electrons. The lowest BCUT2D eigenvalue weighted by molar-refractivity contribution is 0.114. The number of hydrogen-bond acceptors (Lipinski definition) is 5. The SMILES string of the molecule is COc1ccc(S(=O)(=O)N(CC(C)C)CC(C)(C)CCNC(=O)OC(C)C)cc1. The molecule has 166 valence electrons. The molecular formula is C21H36N2O5S. The summed E-state index contributed by atoms with van der Waals surface area (Å²) in [5, 5.41) is 2.72. The van der Waals surface area contributed by atoms with Crippen LogP contribution in [0.15, 0.2) is 29.2 Å². The van der Waals surface area contributed by atoms with Crippen LogP contribution in [0.4, 0.5) is 4.79 Å². The third kappa shape index (κ3) is 8.62. The van der Waals surface area contributed by atoms with E-state index in [1.54, 1.807) is 45.2 Å². The van der Waals surface area contributed by atoms with Gasteiger partial charge in [0, 0.05) is 19.6 Å². The minimum atomic E-state index is -3.65. The molecule has 1 aromatic rings. The van der Waals surface area contributed by atoms with Crippen molar-refractivity contribution >= 4 is 16.1 Å². The van der Waals surface area contributed by atoms with Gasteiger partial charge in [-0.15, -0.1) is 0 Å². The number of sulfonamides is 1. The van der Waals surface area contributed by atoms with Crippen molar-refractivity contribution in [1.82, 2.24) is 9.62 Å². The minimum Gasteiger partial charge on any atom is -0.497 e. The zero-order valence-electron chi connectivity index (χ0n) is 18.7. The lowest BCUT2D eigenvalue weighted by Gasteiger charge is -2.33. The van der Waals surface area contributed by atoms with E-state index in [-0.39, 0.29) is 22.3 Å². The Morgan fingerprint density at radius 1 is 1.14 bits per heavy atom. The highest BCUT2D eigenvalue weighted by Gasteiger charge is 2.31. The van der Waals surface area contributed by atoms with E-state index in [0.717, 1.165) is 0 Å². The van der Waals surface area contributed by atoms with Gasteiger partial charge in [-0.1, -0.05) is 27.7 Å². The van der Waals surface area contributed by atoms with E-state index in [2.05, 4.69) is 5.32 Å². The first-order chi connectivity index (χ1) is 13.4. The molecule has 0 bridgehead atoms. The fraction of sp³-hybridized carbons (Fsp3) is 0.667. The van der Waals surface area contributed by atoms with Crippen molar-refractivity contribution < 1.29 is 22.7 Å². The molecule has 0 unspecified atom stereocenters. The molecule has 0 spiro atoms. The molecule has 29 heavy (non-hydrogen) atoms. The summed E-state index contributed by atoms with van der Waals surface area (Å²) in [4.78, 5) is 11.9. The highest BCUT2D eigenvalue weighted by Crippen LogP contribution is 2.27. The monoisotopic (exact) mass is 428 g/mol. The van der Waals surface area contributed by atoms with E-state index in [9.17, 15) is 13.2 Å². The number of rotatable bonds is 11. The van der Waals surface area contributed by atoms with E-state index < -0.39 is 16.1 Å². The molecule has 0 aliphatic carbocycles. The lowest BCUT2D eigenvalue weighted by Crippen LogP contribution is -2.42. The van der Waals surface area contributed by atoms with Gasteiger partial charge in [-0.3, -0.25) is 0 Å². The van der Waals surface area contributed by atoms with Gasteiger partial charge >= 0.3 is 6.09 Å². The van der Waals surface area contributed by atoms with Gasteiger partial charge in [0.2, 0.25) is 10.0 Å². The Kier molecular flexibility index (Phi) is 9.42. The summed E-state index contributed by atoms with van der Waals surface area (Å²) < 4.78 is 38.2. The lowest BCUT2D eigenvalue weighted by atomic mass is 9.89. The van der Waals surface area contributed by atoms with Gasteiger partial charge in [0.1, 0.15) is 5.75 Å². The fourth-order valence-electron chi connectivity index (χ4n) is 2.87. The highest BCUT2D eigenvalue weighted by atomic mass is 32.2. The predicted octanol–water partition coefficient (Wildman–Crippen LogP) is 3.89. The first kappa shape index (κ1) is 25.2. The summed E-state index contributed by atoms with van der Waals surface area (Å²) in [7, 11) is -2.10. The number of methoxy groups -OCH3 is 1. The van der Waals surface area contributed by atoms with Gasteiger partial charge in [0.05, 0.1) is 18.1 Å². The second-order valence-electron chi connectivity index (χ2n) is 8.66. The molecule has 0 fully saturated rings. The van der Waals surface area contributed by atoms with Crippen molar-refractivity contribution in [1.29, 1.82) is 0 Å². The summed E-state index contributed by atoms with van der Waals surface area (Å²) in [5.41, 5.74) is -0.334. The van der Waals surface area contributed by atoms with Crippen LogP contribution in [-0.4, -0.2) is 51.7 Å². The quantitative estimate of drug-likeness (QED) is 0.578. The van der Waals surface area contributed by atoms with Gasteiger partial charge in [-0.2, -0.15) is 4.31 Å². The van der Waals surface area contributed by atoms with Crippen LogP contribution < -0.4 is 10.1 Å². The molecule has 1 amide bonds. The van der Waals surface area contributed by atoms with E-state index in [4.69, 9.17) is 9.47 Å². The molecular weight excluding hydrogens is 392 g/mol. The number of ether oxygens (including phenoxy) is 2. The Morgan fingerprint density at radius 3 is 2.21 bits per heavy atom. The molecule has 0 aliphatic heterocycles. The number of hydrogen-bond donors (Lipinski definition) is 1. The second kappa shape index (κ2) is 10.8. The second-order valence-corrected chi connectivity index (χ2v) is 10.6. The van der Waals surface area contributed by atoms with E-state index in [1.807, 2.05) is 27.7 Å². The summed E-state index contributed by atoms with van der Waals surface area (Å²) >= 11 is 0.